The van der Waals surface area contributed by atoms with Crippen LogP contribution in [0, 0.1) is 38.6 Å². The Bertz CT molecular complexity index is 966. The zero-order valence-electron chi connectivity index (χ0n) is 15.0. The van der Waals surface area contributed by atoms with Crippen LogP contribution >= 0.6 is 0 Å². The zero-order chi connectivity index (χ0) is 19.9. The summed E-state index contributed by atoms with van der Waals surface area (Å²) in [4.78, 5) is -0.532. The quantitative estimate of drug-likeness (QED) is 0.436. The molecule has 1 radical (unpaired) electrons. The van der Waals surface area contributed by atoms with Gasteiger partial charge in [-0.05, 0) is 24.1 Å². The van der Waals surface area contributed by atoms with Crippen LogP contribution in [-0.2, 0) is 31.4 Å². The van der Waals surface area contributed by atoms with Crippen molar-refractivity contribution < 1.29 is 64.9 Å². The minimum atomic E-state index is -4.26. The van der Waals surface area contributed by atoms with Gasteiger partial charge in [0.25, 0.3) is 0 Å². The van der Waals surface area contributed by atoms with E-state index < -0.39 is 24.9 Å². The summed E-state index contributed by atoms with van der Waals surface area (Å²) in [6.45, 7) is 1.00. The summed E-state index contributed by atoms with van der Waals surface area (Å²) in [6.07, 6.45) is 0.475. The number of ether oxygens (including phenoxy) is 2. The third-order valence-corrected chi connectivity index (χ3v) is 5.98. The maximum absolute atomic E-state index is 12.3. The summed E-state index contributed by atoms with van der Waals surface area (Å²) >= 11 is 0. The smallest absolute Gasteiger partial charge is 0.240 e. The first-order chi connectivity index (χ1) is 12.7. The predicted molar refractivity (Wildman–Crippen MR) is 100 cm³/mol. The van der Waals surface area contributed by atoms with E-state index in [4.69, 9.17) is 14.6 Å². The minimum Gasteiger partial charge on any atom is -0.560 e. The van der Waals surface area contributed by atoms with E-state index in [1.807, 2.05) is 30.3 Å². The second-order valence-electron chi connectivity index (χ2n) is 5.61. The molecule has 0 aliphatic heterocycles. The molecule has 0 amide bonds. The first-order valence-corrected chi connectivity index (χ1v) is 11.0. The number of benzene rings is 2. The van der Waals surface area contributed by atoms with E-state index in [-0.39, 0.29) is 55.8 Å². The van der Waals surface area contributed by atoms with E-state index in [1.165, 1.54) is 7.11 Å². The van der Waals surface area contributed by atoms with Gasteiger partial charge in [0.15, 0.2) is 0 Å². The number of hydrogen-bond donors (Lipinski definition) is 1. The number of methoxy groups -OCH3 is 1. The van der Waals surface area contributed by atoms with Crippen molar-refractivity contribution in [1.29, 1.82) is 0 Å². The van der Waals surface area contributed by atoms with Gasteiger partial charge in [-0.2, -0.15) is 0 Å². The van der Waals surface area contributed by atoms with Crippen molar-refractivity contribution >= 4 is 20.0 Å². The molecule has 0 spiro atoms. The average Bonchev–Trinajstić information content (AvgIpc) is 2.64. The maximum atomic E-state index is 12.3. The van der Waals surface area contributed by atoms with Gasteiger partial charge in [-0.3, -0.25) is 0 Å². The summed E-state index contributed by atoms with van der Waals surface area (Å²) in [5.41, 5.74) is 1.04. The monoisotopic (exact) mass is 572 g/mol. The van der Waals surface area contributed by atoms with Gasteiger partial charge in [-0.25, -0.2) is 21.6 Å². The Morgan fingerprint density at radius 2 is 1.71 bits per heavy atom. The molecule has 0 atom stereocenters. The summed E-state index contributed by atoms with van der Waals surface area (Å²) in [7, 11) is -6.89. The average molecular weight is 572 g/mol. The third-order valence-electron chi connectivity index (χ3n) is 3.60. The van der Waals surface area contributed by atoms with Crippen molar-refractivity contribution in [3.63, 3.8) is 0 Å². The second kappa shape index (κ2) is 11.5. The molecule has 0 saturated heterocycles. The summed E-state index contributed by atoms with van der Waals surface area (Å²) in [5, 5.41) is 7.09. The van der Waals surface area contributed by atoms with Crippen LogP contribution in [0.3, 0.4) is 0 Å². The van der Waals surface area contributed by atoms with Gasteiger partial charge in [0.2, 0.25) is 10.0 Å². The number of nitrogens with one attached hydrogen (secondary N) is 2. The van der Waals surface area contributed by atoms with E-state index in [2.05, 4.69) is 4.72 Å². The minimum absolute atomic E-state index is 0. The molecule has 2 N–H and O–H groups in total. The fraction of sp³-hybridized carbons (Fsp3) is 0.294. The molecule has 0 saturated carbocycles. The zero-order valence-corrected chi connectivity index (χ0v) is 18.8. The molecule has 0 fully saturated rings. The van der Waals surface area contributed by atoms with Crippen LogP contribution in [0.2, 0.25) is 0 Å². The fourth-order valence-corrected chi connectivity index (χ4v) is 4.01. The van der Waals surface area contributed by atoms with Crippen molar-refractivity contribution in [2.45, 2.75) is 22.8 Å². The molecule has 0 bridgehead atoms. The third kappa shape index (κ3) is 7.62. The van der Waals surface area contributed by atoms with E-state index in [0.29, 0.717) is 19.6 Å². The molecule has 0 unspecified atom stereocenters. The van der Waals surface area contributed by atoms with E-state index in [0.717, 1.165) is 23.8 Å². The molecule has 0 aliphatic rings. The second-order valence-corrected chi connectivity index (χ2v) is 8.82. The Kier molecular flexibility index (Phi) is 10.4. The molecule has 2 rings (SSSR count). The topological polar surface area (TPSA) is 123 Å². The van der Waals surface area contributed by atoms with E-state index >= 15 is 0 Å². The molecule has 2 aromatic rings. The van der Waals surface area contributed by atoms with Crippen LogP contribution in [0.25, 0.3) is 5.14 Å². The summed E-state index contributed by atoms with van der Waals surface area (Å²) < 4.78 is 60.1. The first-order valence-electron chi connectivity index (χ1n) is 8.03. The van der Waals surface area contributed by atoms with Gasteiger partial charge in [0.1, 0.15) is 15.8 Å². The van der Waals surface area contributed by atoms with Gasteiger partial charge < -0.3 is 14.6 Å². The summed E-state index contributed by atoms with van der Waals surface area (Å²) in [5.74, 6) is -0.195. The van der Waals surface area contributed by atoms with Gasteiger partial charge in [-0.1, -0.05) is 30.3 Å². The molecule has 0 heterocycles. The molecular formula is C17H21N2O6S2Tb-. The molecule has 157 valence electrons. The SMILES string of the molecule is COc1cc(S(=O)(=O)NCCCOCc2ccccc2)ccc1S([NH-])(=O)=O.[Tb]. The van der Waals surface area contributed by atoms with Crippen molar-refractivity contribution in [2.75, 3.05) is 20.3 Å². The largest absolute Gasteiger partial charge is 0.560 e. The van der Waals surface area contributed by atoms with Gasteiger partial charge in [-0.15, -0.1) is 0 Å². The number of sulfonamides is 2. The number of rotatable bonds is 10. The molecule has 0 aliphatic carbocycles. The van der Waals surface area contributed by atoms with Gasteiger partial charge in [0, 0.05) is 57.8 Å². The predicted octanol–water partition coefficient (Wildman–Crippen LogP) is 2.32. The Morgan fingerprint density at radius 1 is 1.04 bits per heavy atom. The van der Waals surface area contributed by atoms with Gasteiger partial charge >= 0.3 is 0 Å². The van der Waals surface area contributed by atoms with Crippen molar-refractivity contribution in [2.24, 2.45) is 0 Å². The molecule has 0 aromatic heterocycles. The van der Waals surface area contributed by atoms with E-state index in [1.54, 1.807) is 0 Å². The standard InChI is InChI=1S/C17H21N2O6S2.Tb/c1-24-16-12-15(8-9-17(16)26(18,20)21)27(22,23)19-10-5-11-25-13-14-6-3-2-4-7-14;/h2-4,6-9,12,19H,5,10-11,13H2,1H3,(H-,18,20,21);/q-1;. The Balaban J connectivity index is 0.00000392. The summed E-state index contributed by atoms with van der Waals surface area (Å²) in [6, 6.07) is 12.9. The van der Waals surface area contributed by atoms with Crippen LogP contribution in [0.5, 0.6) is 5.75 Å². The fourth-order valence-electron chi connectivity index (χ4n) is 2.27. The molecule has 8 nitrogen and oxygen atoms in total. The van der Waals surface area contributed by atoms with Crippen LogP contribution in [-0.4, -0.2) is 37.1 Å². The van der Waals surface area contributed by atoms with Crippen LogP contribution in [0.15, 0.2) is 58.3 Å². The first kappa shape index (κ1) is 25.3. The van der Waals surface area contributed by atoms with Crippen LogP contribution in [0.1, 0.15) is 12.0 Å². The molecular weight excluding hydrogens is 551 g/mol. The number of hydrogen-bond acceptors (Lipinski definition) is 6. The van der Waals surface area contributed by atoms with Gasteiger partial charge in [0.05, 0.1) is 23.5 Å². The molecule has 11 heteroatoms. The van der Waals surface area contributed by atoms with Crippen LogP contribution < -0.4 is 9.46 Å². The van der Waals surface area contributed by atoms with Crippen LogP contribution in [0.4, 0.5) is 0 Å². The normalized spacial score (nSPS) is 11.6. The Morgan fingerprint density at radius 3 is 2.32 bits per heavy atom. The Hall–Kier alpha value is -0.694. The van der Waals surface area contributed by atoms with E-state index in [9.17, 15) is 16.8 Å². The Labute approximate surface area is 196 Å². The van der Waals surface area contributed by atoms with Crippen molar-refractivity contribution in [1.82, 2.24) is 4.72 Å². The maximum Gasteiger partial charge on any atom is 0.240 e. The molecule has 2 aromatic carbocycles. The van der Waals surface area contributed by atoms with Crippen molar-refractivity contribution in [3.8, 4) is 5.75 Å². The van der Waals surface area contributed by atoms with Crippen molar-refractivity contribution in [3.05, 3.63) is 59.2 Å². The molecule has 28 heavy (non-hydrogen) atoms.